The second kappa shape index (κ2) is 6.44. The van der Waals surface area contributed by atoms with Gasteiger partial charge in [-0.15, -0.1) is 0 Å². The van der Waals surface area contributed by atoms with Crippen LogP contribution >= 0.6 is 0 Å². The number of sulfone groups is 2. The molecule has 12 heteroatoms. The van der Waals surface area contributed by atoms with E-state index < -0.39 is 61.2 Å². The van der Waals surface area contributed by atoms with Crippen LogP contribution in [0.25, 0.3) is 0 Å². The van der Waals surface area contributed by atoms with Crippen LogP contribution in [-0.4, -0.2) is 34.9 Å². The van der Waals surface area contributed by atoms with Crippen molar-refractivity contribution in [3.63, 3.8) is 0 Å². The molecule has 1 N–H and O–H groups in total. The Morgan fingerprint density at radius 1 is 0.720 bits per heavy atom. The molecule has 2 aromatic carbocycles. The van der Waals surface area contributed by atoms with E-state index in [-0.39, 0.29) is 0 Å². The van der Waals surface area contributed by atoms with Crippen LogP contribution in [0.1, 0.15) is 0 Å². The Bertz CT molecular complexity index is 1120. The van der Waals surface area contributed by atoms with Gasteiger partial charge in [0.15, 0.2) is 24.8 Å². The lowest BCUT2D eigenvalue weighted by Gasteiger charge is -2.10. The van der Waals surface area contributed by atoms with Gasteiger partial charge in [0.2, 0.25) is 0 Å². The molecule has 0 atom stereocenters. The van der Waals surface area contributed by atoms with Crippen molar-refractivity contribution in [2.45, 2.75) is 14.7 Å². The van der Waals surface area contributed by atoms with E-state index in [1.807, 2.05) is 0 Å². The fraction of sp³-hybridized carbons (Fsp3) is 0.0769. The third kappa shape index (κ3) is 4.03. The summed E-state index contributed by atoms with van der Waals surface area (Å²) in [7, 11) is -14.9. The Labute approximate surface area is 142 Å². The number of halogens is 2. The highest BCUT2D eigenvalue weighted by molar-refractivity contribution is 8.08. The van der Waals surface area contributed by atoms with E-state index >= 15 is 0 Å². The van der Waals surface area contributed by atoms with E-state index in [0.717, 1.165) is 30.3 Å². The highest BCUT2D eigenvalue weighted by Crippen LogP contribution is 2.26. The van der Waals surface area contributed by atoms with Crippen LogP contribution in [0.2, 0.25) is 0 Å². The average molecular weight is 412 g/mol. The lowest BCUT2D eigenvalue weighted by atomic mass is 10.3. The van der Waals surface area contributed by atoms with E-state index in [1.165, 1.54) is 0 Å². The molecule has 0 heterocycles. The van der Waals surface area contributed by atoms with E-state index in [2.05, 4.69) is 0 Å². The summed E-state index contributed by atoms with van der Waals surface area (Å²) < 4.78 is 108. The molecule has 0 radical (unpaired) electrons. The summed E-state index contributed by atoms with van der Waals surface area (Å²) in [6.45, 7) is 0. The lowest BCUT2D eigenvalue weighted by Crippen LogP contribution is -2.21. The Kier molecular flexibility index (Phi) is 5.01. The van der Waals surface area contributed by atoms with Gasteiger partial charge in [-0.05, 0) is 24.3 Å². The zero-order valence-electron chi connectivity index (χ0n) is 12.1. The van der Waals surface area contributed by atoms with Gasteiger partial charge in [0, 0.05) is 0 Å². The molecule has 2 aromatic rings. The molecule has 7 nitrogen and oxygen atoms in total. The number of benzene rings is 2. The van der Waals surface area contributed by atoms with Crippen LogP contribution in [-0.2, 0) is 29.8 Å². The average Bonchev–Trinajstić information content (AvgIpc) is 2.44. The van der Waals surface area contributed by atoms with E-state index in [9.17, 15) is 34.0 Å². The van der Waals surface area contributed by atoms with Crippen molar-refractivity contribution in [2.24, 2.45) is 0 Å². The molecule has 0 amide bonds. The van der Waals surface area contributed by atoms with Gasteiger partial charge in [-0.25, -0.2) is 25.6 Å². The molecule has 0 fully saturated rings. The molecule has 0 aliphatic heterocycles. The SMILES string of the molecule is O=S(=O)(O)c1ccccc1S(=O)(=O)CS(=O)(=O)c1c(F)cccc1F. The maximum atomic E-state index is 13.6. The van der Waals surface area contributed by atoms with E-state index in [0.29, 0.717) is 12.1 Å². The molecule has 0 aromatic heterocycles. The minimum Gasteiger partial charge on any atom is -0.282 e. The minimum absolute atomic E-state index is 0.634. The van der Waals surface area contributed by atoms with Crippen molar-refractivity contribution in [3.8, 4) is 0 Å². The van der Waals surface area contributed by atoms with Crippen LogP contribution in [0.15, 0.2) is 57.2 Å². The zero-order valence-corrected chi connectivity index (χ0v) is 14.6. The smallest absolute Gasteiger partial charge is 0.282 e. The minimum atomic E-state index is -5.00. The molecule has 136 valence electrons. The van der Waals surface area contributed by atoms with Gasteiger partial charge in [0.05, 0.1) is 4.90 Å². The van der Waals surface area contributed by atoms with Gasteiger partial charge in [-0.2, -0.15) is 8.42 Å². The number of hydrogen-bond donors (Lipinski definition) is 1. The molecular weight excluding hydrogens is 402 g/mol. The van der Waals surface area contributed by atoms with Gasteiger partial charge in [0.25, 0.3) is 10.1 Å². The first-order valence-electron chi connectivity index (χ1n) is 6.32. The Hall–Kier alpha value is -1.89. The zero-order chi connectivity index (χ0) is 19.0. The molecule has 2 rings (SSSR count). The maximum Gasteiger partial charge on any atom is 0.295 e. The lowest BCUT2D eigenvalue weighted by molar-refractivity contribution is 0.479. The topological polar surface area (TPSA) is 123 Å². The first-order valence-corrected chi connectivity index (χ1v) is 11.1. The fourth-order valence-corrected chi connectivity index (χ4v) is 7.30. The Morgan fingerprint density at radius 2 is 1.20 bits per heavy atom. The van der Waals surface area contributed by atoms with Crippen molar-refractivity contribution >= 4 is 29.8 Å². The Balaban J connectivity index is 2.61. The first kappa shape index (κ1) is 19.4. The predicted octanol–water partition coefficient (Wildman–Crippen LogP) is 1.42. The van der Waals surface area contributed by atoms with Gasteiger partial charge < -0.3 is 0 Å². The van der Waals surface area contributed by atoms with Crippen LogP contribution in [0.3, 0.4) is 0 Å². The Morgan fingerprint density at radius 3 is 1.68 bits per heavy atom. The molecule has 25 heavy (non-hydrogen) atoms. The fourth-order valence-electron chi connectivity index (χ4n) is 2.03. The van der Waals surface area contributed by atoms with Crippen molar-refractivity contribution in [2.75, 3.05) is 5.08 Å². The van der Waals surface area contributed by atoms with E-state index in [1.54, 1.807) is 0 Å². The van der Waals surface area contributed by atoms with Gasteiger partial charge in [0.1, 0.15) is 21.4 Å². The van der Waals surface area contributed by atoms with E-state index in [4.69, 9.17) is 4.55 Å². The van der Waals surface area contributed by atoms with Gasteiger partial charge >= 0.3 is 0 Å². The predicted molar refractivity (Wildman–Crippen MR) is 81.9 cm³/mol. The standard InChI is InChI=1S/C13H10F2O7S3/c14-9-4-3-5-10(15)13(9)24(18,19)8-23(16,17)11-6-1-2-7-12(11)25(20,21)22/h1-7H,8H2,(H,20,21,22). The second-order valence-electron chi connectivity index (χ2n) is 4.82. The van der Waals surface area contributed by atoms with Crippen LogP contribution in [0.5, 0.6) is 0 Å². The molecule has 0 aliphatic rings. The highest BCUT2D eigenvalue weighted by Gasteiger charge is 2.33. The quantitative estimate of drug-likeness (QED) is 0.737. The third-order valence-corrected chi connectivity index (χ3v) is 8.56. The maximum absolute atomic E-state index is 13.6. The molecule has 0 saturated carbocycles. The molecule has 0 bridgehead atoms. The number of hydrogen-bond acceptors (Lipinski definition) is 6. The molecular formula is C13H10F2O7S3. The van der Waals surface area contributed by atoms with Gasteiger partial charge in [-0.1, -0.05) is 18.2 Å². The summed E-state index contributed by atoms with van der Waals surface area (Å²) in [6.07, 6.45) is 0. The molecule has 0 aliphatic carbocycles. The summed E-state index contributed by atoms with van der Waals surface area (Å²) in [5.41, 5.74) is 0. The summed E-state index contributed by atoms with van der Waals surface area (Å²) in [5, 5.41) is -1.79. The number of rotatable bonds is 5. The molecule has 0 spiro atoms. The van der Waals surface area contributed by atoms with Crippen molar-refractivity contribution in [1.82, 2.24) is 0 Å². The summed E-state index contributed by atoms with van der Waals surface area (Å²) in [4.78, 5) is -3.49. The highest BCUT2D eigenvalue weighted by atomic mass is 32.3. The van der Waals surface area contributed by atoms with Crippen molar-refractivity contribution < 1.29 is 38.6 Å². The van der Waals surface area contributed by atoms with Gasteiger partial charge in [-0.3, -0.25) is 4.55 Å². The second-order valence-corrected chi connectivity index (χ2v) is 10.5. The van der Waals surface area contributed by atoms with Crippen LogP contribution < -0.4 is 0 Å². The van der Waals surface area contributed by atoms with Crippen LogP contribution in [0.4, 0.5) is 8.78 Å². The summed E-state index contributed by atoms with van der Waals surface area (Å²) in [5.74, 6) is -2.98. The van der Waals surface area contributed by atoms with Crippen molar-refractivity contribution in [1.29, 1.82) is 0 Å². The molecule has 0 saturated heterocycles. The molecule has 0 unspecified atom stereocenters. The first-order chi connectivity index (χ1) is 11.4. The third-order valence-electron chi connectivity index (χ3n) is 3.00. The van der Waals surface area contributed by atoms with Crippen LogP contribution in [0, 0.1) is 11.6 Å². The normalized spacial score (nSPS) is 12.9. The summed E-state index contributed by atoms with van der Waals surface area (Å²) in [6, 6.07) is 5.87. The van der Waals surface area contributed by atoms with Crippen molar-refractivity contribution in [3.05, 3.63) is 54.1 Å². The summed E-state index contributed by atoms with van der Waals surface area (Å²) >= 11 is 0. The largest absolute Gasteiger partial charge is 0.295 e. The monoisotopic (exact) mass is 412 g/mol.